The van der Waals surface area contributed by atoms with Gasteiger partial charge in [-0.05, 0) is 31.0 Å². The highest BCUT2D eigenvalue weighted by molar-refractivity contribution is 8.16. The normalized spacial score (nSPS) is 28.2. The standard InChI is InChI=1S/C17H17N3O2S/c21-16-8-22-15-6-5-10(7-12(15)18-16)14-9-23-17-19-11-3-1-2-4-13(11)20(14)17/h5-7,9,11,13H,1-4,8H2,(H,18,21)/t11-,13+/m1/s1. The summed E-state index contributed by atoms with van der Waals surface area (Å²) >= 11 is 1.72. The molecule has 3 aliphatic heterocycles. The van der Waals surface area contributed by atoms with Gasteiger partial charge in [-0.15, -0.1) is 0 Å². The lowest BCUT2D eigenvalue weighted by molar-refractivity contribution is -0.118. The van der Waals surface area contributed by atoms with Crippen molar-refractivity contribution in [3.05, 3.63) is 29.2 Å². The van der Waals surface area contributed by atoms with Crippen LogP contribution in [0.15, 0.2) is 28.6 Å². The molecule has 0 bridgehead atoms. The number of amidine groups is 1. The maximum Gasteiger partial charge on any atom is 0.262 e. The van der Waals surface area contributed by atoms with Crippen LogP contribution >= 0.6 is 11.8 Å². The number of thioether (sulfide) groups is 1. The van der Waals surface area contributed by atoms with Gasteiger partial charge in [-0.3, -0.25) is 9.79 Å². The van der Waals surface area contributed by atoms with Gasteiger partial charge in [-0.2, -0.15) is 0 Å². The number of carbonyl (C=O) groups excluding carboxylic acids is 1. The van der Waals surface area contributed by atoms with Gasteiger partial charge < -0.3 is 15.0 Å². The fourth-order valence-electron chi connectivity index (χ4n) is 3.87. The molecular formula is C17H17N3O2S. The van der Waals surface area contributed by atoms with Crippen molar-refractivity contribution in [2.24, 2.45) is 4.99 Å². The zero-order chi connectivity index (χ0) is 15.4. The molecule has 6 heteroatoms. The fraction of sp³-hybridized carbons (Fsp3) is 0.412. The molecule has 3 heterocycles. The van der Waals surface area contributed by atoms with Gasteiger partial charge in [0, 0.05) is 11.0 Å². The smallest absolute Gasteiger partial charge is 0.262 e. The van der Waals surface area contributed by atoms with E-state index in [1.165, 1.54) is 31.4 Å². The lowest BCUT2D eigenvalue weighted by atomic mass is 9.90. The Hall–Kier alpha value is -1.95. The van der Waals surface area contributed by atoms with Gasteiger partial charge >= 0.3 is 0 Å². The number of benzene rings is 1. The Kier molecular flexibility index (Phi) is 2.95. The molecule has 0 unspecified atom stereocenters. The number of rotatable bonds is 1. The van der Waals surface area contributed by atoms with Gasteiger partial charge in [0.25, 0.3) is 5.91 Å². The summed E-state index contributed by atoms with van der Waals surface area (Å²) in [6.07, 6.45) is 4.98. The molecule has 0 spiro atoms. The van der Waals surface area contributed by atoms with E-state index >= 15 is 0 Å². The van der Waals surface area contributed by atoms with Crippen molar-refractivity contribution in [2.45, 2.75) is 37.8 Å². The average Bonchev–Trinajstić information content (AvgIpc) is 3.13. The highest BCUT2D eigenvalue weighted by atomic mass is 32.2. The SMILES string of the molecule is O=C1COc2ccc(C3=CSC4=N[C@@H]5CCCC[C@@H]5N34)cc2N1. The van der Waals surface area contributed by atoms with Crippen molar-refractivity contribution in [1.29, 1.82) is 0 Å². The average molecular weight is 327 g/mol. The highest BCUT2D eigenvalue weighted by Gasteiger charge is 2.42. The van der Waals surface area contributed by atoms with Gasteiger partial charge in [0.1, 0.15) is 5.75 Å². The van der Waals surface area contributed by atoms with Crippen LogP contribution in [0.5, 0.6) is 5.75 Å². The second-order valence-corrected chi connectivity index (χ2v) is 7.21. The van der Waals surface area contributed by atoms with Crippen LogP contribution in [-0.4, -0.2) is 34.7 Å². The summed E-state index contributed by atoms with van der Waals surface area (Å²) < 4.78 is 5.45. The first-order chi connectivity index (χ1) is 11.3. The first-order valence-corrected chi connectivity index (χ1v) is 8.98. The Morgan fingerprint density at radius 2 is 2.22 bits per heavy atom. The van der Waals surface area contributed by atoms with Crippen LogP contribution in [0.2, 0.25) is 0 Å². The van der Waals surface area contributed by atoms with Crippen molar-refractivity contribution in [3.63, 3.8) is 0 Å². The van der Waals surface area contributed by atoms with Crippen LogP contribution in [0.25, 0.3) is 5.70 Å². The van der Waals surface area contributed by atoms with Crippen molar-refractivity contribution < 1.29 is 9.53 Å². The number of hydrogen-bond donors (Lipinski definition) is 1. The van der Waals surface area contributed by atoms with E-state index < -0.39 is 0 Å². The van der Waals surface area contributed by atoms with Crippen molar-refractivity contribution >= 4 is 34.2 Å². The molecule has 1 aromatic carbocycles. The number of hydrogen-bond acceptors (Lipinski definition) is 5. The summed E-state index contributed by atoms with van der Waals surface area (Å²) in [6.45, 7) is 0.0948. The van der Waals surface area contributed by atoms with E-state index in [9.17, 15) is 4.79 Å². The molecule has 23 heavy (non-hydrogen) atoms. The van der Waals surface area contributed by atoms with Gasteiger partial charge in [0.15, 0.2) is 11.8 Å². The van der Waals surface area contributed by atoms with Crippen LogP contribution in [0.4, 0.5) is 5.69 Å². The largest absolute Gasteiger partial charge is 0.482 e. The van der Waals surface area contributed by atoms with Crippen LogP contribution in [0.3, 0.4) is 0 Å². The summed E-state index contributed by atoms with van der Waals surface area (Å²) in [5, 5.41) is 6.20. The zero-order valence-electron chi connectivity index (χ0n) is 12.6. The lowest BCUT2D eigenvalue weighted by Crippen LogP contribution is -2.38. The summed E-state index contributed by atoms with van der Waals surface area (Å²) in [4.78, 5) is 18.9. The van der Waals surface area contributed by atoms with E-state index in [0.29, 0.717) is 12.1 Å². The summed E-state index contributed by atoms with van der Waals surface area (Å²) in [6, 6.07) is 6.98. The Morgan fingerprint density at radius 1 is 1.30 bits per heavy atom. The second-order valence-electron chi connectivity index (χ2n) is 6.37. The molecular weight excluding hydrogens is 310 g/mol. The third kappa shape index (κ3) is 2.08. The third-order valence-corrected chi connectivity index (χ3v) is 5.81. The van der Waals surface area contributed by atoms with E-state index in [-0.39, 0.29) is 12.5 Å². The zero-order valence-corrected chi connectivity index (χ0v) is 13.4. The number of nitrogens with one attached hydrogen (secondary N) is 1. The maximum atomic E-state index is 11.5. The molecule has 5 nitrogen and oxygen atoms in total. The van der Waals surface area contributed by atoms with E-state index in [2.05, 4.69) is 21.7 Å². The molecule has 1 saturated carbocycles. The minimum Gasteiger partial charge on any atom is -0.482 e. The second kappa shape index (κ2) is 5.03. The molecule has 1 fully saturated rings. The minimum atomic E-state index is -0.0970. The van der Waals surface area contributed by atoms with Gasteiger partial charge in [-0.25, -0.2) is 0 Å². The molecule has 2 atom stereocenters. The van der Waals surface area contributed by atoms with Crippen LogP contribution in [0, 0.1) is 0 Å². The Morgan fingerprint density at radius 3 is 3.17 bits per heavy atom. The molecule has 118 valence electrons. The van der Waals surface area contributed by atoms with Crippen LogP contribution in [0.1, 0.15) is 31.2 Å². The van der Waals surface area contributed by atoms with Crippen molar-refractivity contribution in [1.82, 2.24) is 4.90 Å². The van der Waals surface area contributed by atoms with Gasteiger partial charge in [0.2, 0.25) is 0 Å². The first-order valence-electron chi connectivity index (χ1n) is 8.10. The van der Waals surface area contributed by atoms with E-state index in [1.54, 1.807) is 11.8 Å². The lowest BCUT2D eigenvalue weighted by Gasteiger charge is -2.32. The Labute approximate surface area is 138 Å². The first kappa shape index (κ1) is 13.5. The Balaban J connectivity index is 1.49. The Bertz CT molecular complexity index is 758. The molecule has 4 aliphatic rings. The highest BCUT2D eigenvalue weighted by Crippen LogP contribution is 2.45. The number of nitrogens with zero attached hydrogens (tertiary/aromatic N) is 2. The summed E-state index contributed by atoms with van der Waals surface area (Å²) in [5.74, 6) is 0.644. The van der Waals surface area contributed by atoms with Crippen LogP contribution in [-0.2, 0) is 4.79 Å². The number of carbonyl (C=O) groups is 1. The number of amides is 1. The van der Waals surface area contributed by atoms with E-state index in [1.807, 2.05) is 12.1 Å². The predicted molar refractivity (Wildman–Crippen MR) is 91.5 cm³/mol. The monoisotopic (exact) mass is 327 g/mol. The van der Waals surface area contributed by atoms with Gasteiger partial charge in [0.05, 0.1) is 23.5 Å². The minimum absolute atomic E-state index is 0.0948. The quantitative estimate of drug-likeness (QED) is 0.861. The molecule has 0 aromatic heterocycles. The summed E-state index contributed by atoms with van der Waals surface area (Å²) in [5.41, 5.74) is 3.07. The molecule has 0 radical (unpaired) electrons. The van der Waals surface area contributed by atoms with E-state index in [0.717, 1.165) is 22.2 Å². The maximum absolute atomic E-state index is 11.5. The number of fused-ring (bicyclic) bond motifs is 4. The van der Waals surface area contributed by atoms with Crippen LogP contribution < -0.4 is 10.1 Å². The molecule has 1 aliphatic carbocycles. The molecule has 0 saturated heterocycles. The van der Waals surface area contributed by atoms with Gasteiger partial charge in [-0.1, -0.05) is 24.6 Å². The number of aliphatic imine (C=N–C) groups is 1. The molecule has 1 aromatic rings. The number of anilines is 1. The molecule has 1 N–H and O–H groups in total. The topological polar surface area (TPSA) is 53.9 Å². The molecule has 1 amide bonds. The van der Waals surface area contributed by atoms with Crippen molar-refractivity contribution in [3.8, 4) is 5.75 Å². The fourth-order valence-corrected chi connectivity index (χ4v) is 4.88. The molecule has 5 rings (SSSR count). The third-order valence-electron chi connectivity index (χ3n) is 4.95. The van der Waals surface area contributed by atoms with E-state index in [4.69, 9.17) is 9.73 Å². The number of ether oxygens (including phenoxy) is 1. The van der Waals surface area contributed by atoms with Crippen molar-refractivity contribution in [2.75, 3.05) is 11.9 Å². The predicted octanol–water partition coefficient (Wildman–Crippen LogP) is 3.05. The summed E-state index contributed by atoms with van der Waals surface area (Å²) in [7, 11) is 0.